The second kappa shape index (κ2) is 7.54. The van der Waals surface area contributed by atoms with Gasteiger partial charge in [0, 0.05) is 10.9 Å². The van der Waals surface area contributed by atoms with Crippen molar-refractivity contribution in [3.05, 3.63) is 65.9 Å². The summed E-state index contributed by atoms with van der Waals surface area (Å²) < 4.78 is 39.6. The number of para-hydroxylation sites is 1. The van der Waals surface area contributed by atoms with Crippen LogP contribution in [0.1, 0.15) is 33.3 Å². The van der Waals surface area contributed by atoms with Crippen molar-refractivity contribution in [2.45, 2.75) is 39.2 Å². The Morgan fingerprint density at radius 1 is 1.07 bits per heavy atom. The van der Waals surface area contributed by atoms with E-state index in [1.165, 1.54) is 24.4 Å². The predicted octanol–water partition coefficient (Wildman–Crippen LogP) is 5.53. The van der Waals surface area contributed by atoms with Crippen LogP contribution in [0.25, 0.3) is 10.9 Å². The maximum Gasteiger partial charge on any atom is 0.316 e. The number of carbonyl (C=O) groups excluding carboxylic acids is 1. The fourth-order valence-corrected chi connectivity index (χ4v) is 2.95. The van der Waals surface area contributed by atoms with Gasteiger partial charge in [-0.25, -0.2) is 13.8 Å². The Balaban J connectivity index is 2.02. The van der Waals surface area contributed by atoms with Gasteiger partial charge < -0.3 is 9.47 Å². The summed E-state index contributed by atoms with van der Waals surface area (Å²) in [4.78, 5) is 16.6. The Morgan fingerprint density at radius 2 is 1.75 bits per heavy atom. The minimum atomic E-state index is -1.28. The molecule has 146 valence electrons. The number of aromatic nitrogens is 1. The number of rotatable bonds is 5. The minimum absolute atomic E-state index is 0.0833. The zero-order chi connectivity index (χ0) is 20.5. The molecule has 3 rings (SSSR count). The highest BCUT2D eigenvalue weighted by atomic mass is 19.1. The van der Waals surface area contributed by atoms with Crippen molar-refractivity contribution in [3.8, 4) is 11.5 Å². The monoisotopic (exact) mass is 385 g/mol. The van der Waals surface area contributed by atoms with E-state index in [9.17, 15) is 13.6 Å². The molecule has 0 aliphatic heterocycles. The lowest BCUT2D eigenvalue weighted by Gasteiger charge is -2.27. The van der Waals surface area contributed by atoms with E-state index < -0.39 is 23.0 Å². The van der Waals surface area contributed by atoms with Crippen LogP contribution in [0.2, 0.25) is 0 Å². The second-order valence-electron chi connectivity index (χ2n) is 7.28. The molecule has 0 radical (unpaired) electrons. The third kappa shape index (κ3) is 3.81. The lowest BCUT2D eigenvalue weighted by atomic mass is 9.83. The van der Waals surface area contributed by atoms with Gasteiger partial charge in [0.15, 0.2) is 0 Å². The minimum Gasteiger partial charge on any atom is -0.462 e. The Kier molecular flexibility index (Phi) is 5.31. The topological polar surface area (TPSA) is 48.4 Å². The number of nitrogens with zero attached hydrogens (tertiary/aromatic N) is 1. The summed E-state index contributed by atoms with van der Waals surface area (Å²) in [5.41, 5.74) is -0.975. The van der Waals surface area contributed by atoms with E-state index in [0.717, 1.165) is 0 Å². The number of hydrogen-bond acceptors (Lipinski definition) is 4. The van der Waals surface area contributed by atoms with Crippen molar-refractivity contribution in [2.24, 2.45) is 0 Å². The number of carbonyl (C=O) groups is 1. The molecule has 0 amide bonds. The number of esters is 1. The molecule has 0 aliphatic rings. The Bertz CT molecular complexity index is 1030. The van der Waals surface area contributed by atoms with Crippen LogP contribution < -0.4 is 4.74 Å². The van der Waals surface area contributed by atoms with E-state index in [-0.39, 0.29) is 22.9 Å². The van der Waals surface area contributed by atoms with E-state index in [0.29, 0.717) is 11.1 Å². The number of pyridine rings is 1. The molecule has 0 bridgehead atoms. The van der Waals surface area contributed by atoms with Gasteiger partial charge in [0.1, 0.15) is 28.7 Å². The molecule has 3 aromatic rings. The Hall–Kier alpha value is -3.02. The second-order valence-corrected chi connectivity index (χ2v) is 7.28. The van der Waals surface area contributed by atoms with Crippen LogP contribution in [-0.4, -0.2) is 17.1 Å². The number of ether oxygens (including phenoxy) is 2. The lowest BCUT2D eigenvalue weighted by molar-refractivity contribution is -0.153. The van der Waals surface area contributed by atoms with Crippen molar-refractivity contribution >= 4 is 16.9 Å². The molecule has 0 unspecified atom stereocenters. The first-order chi connectivity index (χ1) is 13.2. The van der Waals surface area contributed by atoms with E-state index in [1.807, 2.05) is 0 Å². The fraction of sp³-hybridized carbons (Fsp3) is 0.273. The van der Waals surface area contributed by atoms with E-state index >= 15 is 0 Å². The van der Waals surface area contributed by atoms with Gasteiger partial charge in [0.2, 0.25) is 0 Å². The SMILES string of the molecule is CC(C)OC(=O)C(C)(C)c1c(F)cccc1Oc1cnc2c(F)cccc2c1. The molecule has 0 spiro atoms. The van der Waals surface area contributed by atoms with Crippen molar-refractivity contribution in [1.82, 2.24) is 4.98 Å². The summed E-state index contributed by atoms with van der Waals surface area (Å²) in [6.45, 7) is 6.62. The molecular weight excluding hydrogens is 364 g/mol. The average molecular weight is 385 g/mol. The summed E-state index contributed by atoms with van der Waals surface area (Å²) >= 11 is 0. The highest BCUT2D eigenvalue weighted by Gasteiger charge is 2.37. The maximum atomic E-state index is 14.7. The number of benzene rings is 2. The third-order valence-electron chi connectivity index (χ3n) is 4.32. The molecule has 0 fully saturated rings. The average Bonchev–Trinajstić information content (AvgIpc) is 2.61. The van der Waals surface area contributed by atoms with Gasteiger partial charge in [0.05, 0.1) is 17.7 Å². The predicted molar refractivity (Wildman–Crippen MR) is 102 cm³/mol. The van der Waals surface area contributed by atoms with Crippen LogP contribution in [-0.2, 0) is 14.9 Å². The summed E-state index contributed by atoms with van der Waals surface area (Å²) in [6, 6.07) is 10.5. The van der Waals surface area contributed by atoms with Gasteiger partial charge in [-0.05, 0) is 52.0 Å². The first kappa shape index (κ1) is 19.7. The standard InChI is InChI=1S/C22H21F2NO3/c1-13(2)27-21(26)22(3,4)19-16(23)8-6-10-18(19)28-15-11-14-7-5-9-17(24)20(14)25-12-15/h5-13H,1-4H3. The molecule has 28 heavy (non-hydrogen) atoms. The lowest BCUT2D eigenvalue weighted by Crippen LogP contribution is -2.34. The molecule has 0 aliphatic carbocycles. The van der Waals surface area contributed by atoms with Crippen LogP contribution in [0.4, 0.5) is 8.78 Å². The third-order valence-corrected chi connectivity index (χ3v) is 4.32. The van der Waals surface area contributed by atoms with Crippen LogP contribution in [0.3, 0.4) is 0 Å². The smallest absolute Gasteiger partial charge is 0.316 e. The van der Waals surface area contributed by atoms with Crippen molar-refractivity contribution in [1.29, 1.82) is 0 Å². The van der Waals surface area contributed by atoms with Crippen LogP contribution in [0.15, 0.2) is 48.7 Å². The van der Waals surface area contributed by atoms with Gasteiger partial charge in [-0.2, -0.15) is 0 Å². The molecule has 2 aromatic carbocycles. The molecule has 0 saturated heterocycles. The van der Waals surface area contributed by atoms with Gasteiger partial charge in [-0.3, -0.25) is 4.79 Å². The highest BCUT2D eigenvalue weighted by Crippen LogP contribution is 2.38. The first-order valence-corrected chi connectivity index (χ1v) is 8.92. The van der Waals surface area contributed by atoms with Gasteiger partial charge in [0.25, 0.3) is 0 Å². The first-order valence-electron chi connectivity index (χ1n) is 8.92. The zero-order valence-corrected chi connectivity index (χ0v) is 16.1. The van der Waals surface area contributed by atoms with E-state index in [2.05, 4.69) is 4.98 Å². The van der Waals surface area contributed by atoms with Crippen LogP contribution in [0, 0.1) is 11.6 Å². The summed E-state index contributed by atoms with van der Waals surface area (Å²) in [5.74, 6) is -1.10. The van der Waals surface area contributed by atoms with Gasteiger partial charge >= 0.3 is 5.97 Å². The number of hydrogen-bond donors (Lipinski definition) is 0. The van der Waals surface area contributed by atoms with E-state index in [4.69, 9.17) is 9.47 Å². The molecular formula is C22H21F2NO3. The Labute approximate surface area is 162 Å². The van der Waals surface area contributed by atoms with Gasteiger partial charge in [-0.15, -0.1) is 0 Å². The highest BCUT2D eigenvalue weighted by molar-refractivity contribution is 5.84. The molecule has 1 aromatic heterocycles. The van der Waals surface area contributed by atoms with Crippen molar-refractivity contribution in [2.75, 3.05) is 0 Å². The largest absolute Gasteiger partial charge is 0.462 e. The zero-order valence-electron chi connectivity index (χ0n) is 16.1. The molecule has 0 N–H and O–H groups in total. The quantitative estimate of drug-likeness (QED) is 0.542. The maximum absolute atomic E-state index is 14.7. The molecule has 6 heteroatoms. The normalized spacial score (nSPS) is 11.7. The van der Waals surface area contributed by atoms with Crippen molar-refractivity contribution < 1.29 is 23.0 Å². The summed E-state index contributed by atoms with van der Waals surface area (Å²) in [6.07, 6.45) is 1.03. The molecule has 0 saturated carbocycles. The van der Waals surface area contributed by atoms with E-state index in [1.54, 1.807) is 52.0 Å². The van der Waals surface area contributed by atoms with Crippen molar-refractivity contribution in [3.63, 3.8) is 0 Å². The fourth-order valence-electron chi connectivity index (χ4n) is 2.95. The molecule has 1 heterocycles. The Morgan fingerprint density at radius 3 is 2.46 bits per heavy atom. The number of fused-ring (bicyclic) bond motifs is 1. The van der Waals surface area contributed by atoms with Crippen LogP contribution >= 0.6 is 0 Å². The molecule has 4 nitrogen and oxygen atoms in total. The summed E-state index contributed by atoms with van der Waals surface area (Å²) in [5, 5.41) is 0.550. The van der Waals surface area contributed by atoms with Gasteiger partial charge in [-0.1, -0.05) is 18.2 Å². The summed E-state index contributed by atoms with van der Waals surface area (Å²) in [7, 11) is 0. The van der Waals surface area contributed by atoms with Crippen LogP contribution in [0.5, 0.6) is 11.5 Å². The number of halogens is 2. The molecule has 0 atom stereocenters.